The van der Waals surface area contributed by atoms with E-state index in [1.807, 2.05) is 0 Å². The van der Waals surface area contributed by atoms with Crippen LogP contribution in [0.2, 0.25) is 0 Å². The lowest BCUT2D eigenvalue weighted by atomic mass is 10.1. The van der Waals surface area contributed by atoms with Crippen LogP contribution in [0.4, 0.5) is 0 Å². The Labute approximate surface area is 83.1 Å². The van der Waals surface area contributed by atoms with Gasteiger partial charge in [0.25, 0.3) is 0 Å². The summed E-state index contributed by atoms with van der Waals surface area (Å²) < 4.78 is 5.34. The monoisotopic (exact) mass is 187 g/mol. The van der Waals surface area contributed by atoms with Crippen molar-refractivity contribution in [1.29, 1.82) is 0 Å². The Morgan fingerprint density at radius 2 is 2.00 bits per heavy atom. The molecule has 0 aromatic heterocycles. The predicted molar refractivity (Wildman–Crippen MR) is 58.1 cm³/mol. The molecule has 1 atom stereocenters. The molecule has 0 spiro atoms. The quantitative estimate of drug-likeness (QED) is 0.661. The van der Waals surface area contributed by atoms with Gasteiger partial charge in [0.15, 0.2) is 0 Å². The van der Waals surface area contributed by atoms with Gasteiger partial charge in [-0.25, -0.2) is 0 Å². The summed E-state index contributed by atoms with van der Waals surface area (Å²) in [5.74, 6) is 0. The standard InChI is InChI=1S/C11H25NO/c1-6-7-10(2)12-9-8-11(3,4)13-5/h10,12H,6-9H2,1-5H3. The zero-order valence-corrected chi connectivity index (χ0v) is 9.81. The molecule has 0 radical (unpaired) electrons. The second kappa shape index (κ2) is 6.39. The van der Waals surface area contributed by atoms with Crippen LogP contribution in [0.25, 0.3) is 0 Å². The van der Waals surface area contributed by atoms with Crippen molar-refractivity contribution >= 4 is 0 Å². The number of hydrogen-bond acceptors (Lipinski definition) is 2. The minimum atomic E-state index is 0.0128. The van der Waals surface area contributed by atoms with Gasteiger partial charge in [0, 0.05) is 13.2 Å². The molecule has 1 unspecified atom stereocenters. The largest absolute Gasteiger partial charge is 0.379 e. The summed E-state index contributed by atoms with van der Waals surface area (Å²) in [5, 5.41) is 3.49. The van der Waals surface area contributed by atoms with E-state index in [9.17, 15) is 0 Å². The van der Waals surface area contributed by atoms with E-state index >= 15 is 0 Å². The molecule has 0 saturated carbocycles. The maximum atomic E-state index is 5.34. The summed E-state index contributed by atoms with van der Waals surface area (Å²) in [7, 11) is 1.77. The van der Waals surface area contributed by atoms with Crippen LogP contribution in [0, 0.1) is 0 Å². The van der Waals surface area contributed by atoms with Gasteiger partial charge in [0.1, 0.15) is 0 Å². The lowest BCUT2D eigenvalue weighted by Gasteiger charge is -2.24. The Balaban J connectivity index is 3.44. The van der Waals surface area contributed by atoms with Gasteiger partial charge in [0.05, 0.1) is 5.60 Å². The highest BCUT2D eigenvalue weighted by Gasteiger charge is 2.15. The zero-order valence-electron chi connectivity index (χ0n) is 9.81. The molecule has 0 heterocycles. The lowest BCUT2D eigenvalue weighted by molar-refractivity contribution is 0.0154. The predicted octanol–water partition coefficient (Wildman–Crippen LogP) is 2.58. The molecular formula is C11H25NO. The topological polar surface area (TPSA) is 21.3 Å². The van der Waals surface area contributed by atoms with Crippen LogP contribution in [0.3, 0.4) is 0 Å². The van der Waals surface area contributed by atoms with E-state index in [1.54, 1.807) is 7.11 Å². The second-order valence-electron chi connectivity index (χ2n) is 4.36. The minimum Gasteiger partial charge on any atom is -0.379 e. The van der Waals surface area contributed by atoms with Crippen LogP contribution < -0.4 is 5.32 Å². The van der Waals surface area contributed by atoms with Crippen LogP contribution in [0.1, 0.15) is 47.0 Å². The molecule has 0 amide bonds. The summed E-state index contributed by atoms with van der Waals surface area (Å²) in [4.78, 5) is 0. The fourth-order valence-electron chi connectivity index (χ4n) is 1.26. The summed E-state index contributed by atoms with van der Waals surface area (Å²) in [6, 6.07) is 0.637. The third-order valence-corrected chi connectivity index (χ3v) is 2.49. The average molecular weight is 187 g/mol. The van der Waals surface area contributed by atoms with Gasteiger partial charge in [-0.3, -0.25) is 0 Å². The molecule has 13 heavy (non-hydrogen) atoms. The molecule has 0 saturated heterocycles. The highest BCUT2D eigenvalue weighted by Crippen LogP contribution is 2.11. The number of nitrogens with one attached hydrogen (secondary N) is 1. The summed E-state index contributed by atoms with van der Waals surface area (Å²) in [6.45, 7) is 9.75. The fourth-order valence-corrected chi connectivity index (χ4v) is 1.26. The molecule has 0 aliphatic rings. The minimum absolute atomic E-state index is 0.0128. The molecule has 2 heteroatoms. The third kappa shape index (κ3) is 7.03. The van der Waals surface area contributed by atoms with Crippen molar-refractivity contribution in [3.63, 3.8) is 0 Å². The third-order valence-electron chi connectivity index (χ3n) is 2.49. The Kier molecular flexibility index (Phi) is 6.35. The second-order valence-corrected chi connectivity index (χ2v) is 4.36. The van der Waals surface area contributed by atoms with Crippen LogP contribution in [-0.2, 0) is 4.74 Å². The molecule has 0 aromatic rings. The molecule has 0 aliphatic heterocycles. The highest BCUT2D eigenvalue weighted by molar-refractivity contribution is 4.70. The Hall–Kier alpha value is -0.0800. The first-order valence-corrected chi connectivity index (χ1v) is 5.30. The fraction of sp³-hybridized carbons (Fsp3) is 1.00. The zero-order chi connectivity index (χ0) is 10.3. The number of ether oxygens (including phenoxy) is 1. The van der Waals surface area contributed by atoms with Crippen molar-refractivity contribution in [1.82, 2.24) is 5.32 Å². The van der Waals surface area contributed by atoms with Gasteiger partial charge in [-0.1, -0.05) is 13.3 Å². The van der Waals surface area contributed by atoms with E-state index < -0.39 is 0 Å². The van der Waals surface area contributed by atoms with E-state index in [2.05, 4.69) is 33.0 Å². The van der Waals surface area contributed by atoms with Crippen LogP contribution in [-0.4, -0.2) is 25.3 Å². The van der Waals surface area contributed by atoms with Crippen molar-refractivity contribution in [3.05, 3.63) is 0 Å². The van der Waals surface area contributed by atoms with E-state index in [0.29, 0.717) is 6.04 Å². The van der Waals surface area contributed by atoms with E-state index in [1.165, 1.54) is 12.8 Å². The highest BCUT2D eigenvalue weighted by atomic mass is 16.5. The maximum absolute atomic E-state index is 5.34. The first-order chi connectivity index (χ1) is 6.02. The van der Waals surface area contributed by atoms with Gasteiger partial charge in [0.2, 0.25) is 0 Å². The number of hydrogen-bond donors (Lipinski definition) is 1. The Morgan fingerprint density at radius 1 is 1.38 bits per heavy atom. The first-order valence-electron chi connectivity index (χ1n) is 5.30. The average Bonchev–Trinajstić information content (AvgIpc) is 2.05. The lowest BCUT2D eigenvalue weighted by Crippen LogP contribution is -2.33. The molecule has 0 aliphatic carbocycles. The van der Waals surface area contributed by atoms with Gasteiger partial charge >= 0.3 is 0 Å². The Morgan fingerprint density at radius 3 is 2.46 bits per heavy atom. The normalized spacial score (nSPS) is 14.5. The van der Waals surface area contributed by atoms with Crippen LogP contribution in [0.15, 0.2) is 0 Å². The summed E-state index contributed by atoms with van der Waals surface area (Å²) >= 11 is 0. The van der Waals surface area contributed by atoms with Crippen molar-refractivity contribution in [3.8, 4) is 0 Å². The van der Waals surface area contributed by atoms with Gasteiger partial charge < -0.3 is 10.1 Å². The van der Waals surface area contributed by atoms with Crippen LogP contribution >= 0.6 is 0 Å². The summed E-state index contributed by atoms with van der Waals surface area (Å²) in [6.07, 6.45) is 3.58. The maximum Gasteiger partial charge on any atom is 0.0634 e. The van der Waals surface area contributed by atoms with Crippen LogP contribution in [0.5, 0.6) is 0 Å². The van der Waals surface area contributed by atoms with Crippen molar-refractivity contribution < 1.29 is 4.74 Å². The van der Waals surface area contributed by atoms with Crippen molar-refractivity contribution in [2.75, 3.05) is 13.7 Å². The number of rotatable bonds is 7. The van der Waals surface area contributed by atoms with Gasteiger partial charge in [-0.15, -0.1) is 0 Å². The SMILES string of the molecule is CCCC(C)NCCC(C)(C)OC. The van der Waals surface area contributed by atoms with Gasteiger partial charge in [-0.05, 0) is 40.2 Å². The smallest absolute Gasteiger partial charge is 0.0634 e. The number of methoxy groups -OCH3 is 1. The molecule has 2 nitrogen and oxygen atoms in total. The molecule has 0 bridgehead atoms. The molecular weight excluding hydrogens is 162 g/mol. The molecule has 0 rings (SSSR count). The van der Waals surface area contributed by atoms with Crippen molar-refractivity contribution in [2.45, 2.75) is 58.6 Å². The van der Waals surface area contributed by atoms with E-state index in [-0.39, 0.29) is 5.60 Å². The first kappa shape index (κ1) is 12.9. The van der Waals surface area contributed by atoms with Gasteiger partial charge in [-0.2, -0.15) is 0 Å². The molecule has 0 aromatic carbocycles. The molecule has 1 N–H and O–H groups in total. The van der Waals surface area contributed by atoms with E-state index in [0.717, 1.165) is 13.0 Å². The van der Waals surface area contributed by atoms with Crippen molar-refractivity contribution in [2.24, 2.45) is 0 Å². The van der Waals surface area contributed by atoms with E-state index in [4.69, 9.17) is 4.74 Å². The Bertz CT molecular complexity index is 123. The summed E-state index contributed by atoms with van der Waals surface area (Å²) in [5.41, 5.74) is 0.0128. The molecule has 80 valence electrons. The molecule has 0 fully saturated rings.